The molecule has 0 bridgehead atoms. The molecule has 0 aromatic carbocycles. The molecule has 0 saturated carbocycles. The number of aliphatic carboxylic acids is 1. The Kier molecular flexibility index (Phi) is 3.76. The average molecular weight is 255 g/mol. The second-order valence-electron chi connectivity index (χ2n) is 4.53. The summed E-state index contributed by atoms with van der Waals surface area (Å²) < 4.78 is 0. The molecule has 6 heteroatoms. The number of likely N-dealkylation sites (tertiary alicyclic amines) is 1. The Morgan fingerprint density at radius 2 is 2.53 bits per heavy atom. The van der Waals surface area contributed by atoms with E-state index < -0.39 is 12.0 Å². The van der Waals surface area contributed by atoms with Crippen LogP contribution < -0.4 is 5.73 Å². The number of carboxylic acids is 1. The molecule has 2 rings (SSSR count). The van der Waals surface area contributed by atoms with Gasteiger partial charge in [-0.1, -0.05) is 0 Å². The van der Waals surface area contributed by atoms with Gasteiger partial charge in [-0.25, -0.2) is 4.98 Å². The summed E-state index contributed by atoms with van der Waals surface area (Å²) in [5, 5.41) is 11.3. The summed E-state index contributed by atoms with van der Waals surface area (Å²) in [7, 11) is 2.10. The first kappa shape index (κ1) is 12.5. The Balaban J connectivity index is 2.09. The third kappa shape index (κ3) is 2.83. The van der Waals surface area contributed by atoms with Gasteiger partial charge in [-0.2, -0.15) is 0 Å². The maximum atomic E-state index is 10.8. The van der Waals surface area contributed by atoms with Gasteiger partial charge in [0.25, 0.3) is 0 Å². The first-order valence-corrected chi connectivity index (χ1v) is 6.58. The van der Waals surface area contributed by atoms with E-state index in [0.717, 1.165) is 25.2 Å². The highest BCUT2D eigenvalue weighted by molar-refractivity contribution is 7.09. The Morgan fingerprint density at radius 1 is 1.76 bits per heavy atom. The molecule has 5 nitrogen and oxygen atoms in total. The van der Waals surface area contributed by atoms with Crippen LogP contribution in [-0.4, -0.2) is 41.1 Å². The van der Waals surface area contributed by atoms with Crippen LogP contribution in [0.1, 0.15) is 35.5 Å². The first-order chi connectivity index (χ1) is 8.08. The molecule has 1 aromatic heterocycles. The highest BCUT2D eigenvalue weighted by atomic mass is 32.1. The molecule has 2 atom stereocenters. The lowest BCUT2D eigenvalue weighted by molar-refractivity contribution is -0.138. The predicted octanol–water partition coefficient (Wildman–Crippen LogP) is 1.04. The quantitative estimate of drug-likeness (QED) is 0.843. The van der Waals surface area contributed by atoms with Crippen LogP contribution in [0.5, 0.6) is 0 Å². The largest absolute Gasteiger partial charge is 0.480 e. The van der Waals surface area contributed by atoms with E-state index >= 15 is 0 Å². The van der Waals surface area contributed by atoms with E-state index in [4.69, 9.17) is 10.8 Å². The van der Waals surface area contributed by atoms with Crippen molar-refractivity contribution in [3.8, 4) is 0 Å². The van der Waals surface area contributed by atoms with Crippen molar-refractivity contribution < 1.29 is 9.90 Å². The SMILES string of the molecule is CN1CCCC(c2csc(C(N)C(=O)O)n2)C1. The Hall–Kier alpha value is -0.980. The minimum Gasteiger partial charge on any atom is -0.480 e. The minimum absolute atomic E-state index is 0.416. The number of carbonyl (C=O) groups is 1. The van der Waals surface area contributed by atoms with Crippen LogP contribution in [0, 0.1) is 0 Å². The number of hydrogen-bond acceptors (Lipinski definition) is 5. The molecule has 2 unspecified atom stereocenters. The van der Waals surface area contributed by atoms with Crippen molar-refractivity contribution in [2.45, 2.75) is 24.8 Å². The number of aromatic nitrogens is 1. The van der Waals surface area contributed by atoms with Gasteiger partial charge in [0, 0.05) is 17.8 Å². The number of hydrogen-bond donors (Lipinski definition) is 2. The molecule has 1 aliphatic heterocycles. The van der Waals surface area contributed by atoms with Crippen LogP contribution in [0.3, 0.4) is 0 Å². The third-order valence-electron chi connectivity index (χ3n) is 3.11. The van der Waals surface area contributed by atoms with Gasteiger partial charge in [-0.05, 0) is 26.4 Å². The number of likely N-dealkylation sites (N-methyl/N-ethyl adjacent to an activating group) is 1. The van der Waals surface area contributed by atoms with Gasteiger partial charge in [0.15, 0.2) is 6.04 Å². The fourth-order valence-corrected chi connectivity index (χ4v) is 3.04. The highest BCUT2D eigenvalue weighted by Crippen LogP contribution is 2.28. The number of carboxylic acid groups (broad SMARTS) is 1. The molecule has 0 radical (unpaired) electrons. The topological polar surface area (TPSA) is 79.5 Å². The maximum Gasteiger partial charge on any atom is 0.327 e. The standard InChI is InChI=1S/C11H17N3O2S/c1-14-4-2-3-7(5-14)8-6-17-10(13-8)9(12)11(15)16/h6-7,9H,2-5,12H2,1H3,(H,15,16). The molecule has 1 saturated heterocycles. The predicted molar refractivity (Wildman–Crippen MR) is 66.2 cm³/mol. The van der Waals surface area contributed by atoms with Crippen molar-refractivity contribution in [1.82, 2.24) is 9.88 Å². The van der Waals surface area contributed by atoms with Crippen molar-refractivity contribution >= 4 is 17.3 Å². The second kappa shape index (κ2) is 5.12. The van der Waals surface area contributed by atoms with Gasteiger partial charge in [-0.3, -0.25) is 4.79 Å². The molecule has 1 aliphatic rings. The molecule has 0 spiro atoms. The van der Waals surface area contributed by atoms with Gasteiger partial charge in [0.2, 0.25) is 0 Å². The van der Waals surface area contributed by atoms with Crippen LogP contribution in [0.2, 0.25) is 0 Å². The lowest BCUT2D eigenvalue weighted by Gasteiger charge is -2.28. The Bertz CT molecular complexity index is 407. The molecule has 17 heavy (non-hydrogen) atoms. The molecule has 1 aromatic rings. The molecule has 94 valence electrons. The fraction of sp³-hybridized carbons (Fsp3) is 0.636. The fourth-order valence-electron chi connectivity index (χ4n) is 2.14. The summed E-state index contributed by atoms with van der Waals surface area (Å²) in [5.41, 5.74) is 6.54. The monoisotopic (exact) mass is 255 g/mol. The number of thiazole rings is 1. The van der Waals surface area contributed by atoms with Crippen LogP contribution in [0.4, 0.5) is 0 Å². The summed E-state index contributed by atoms with van der Waals surface area (Å²) in [6.07, 6.45) is 2.29. The molecule has 1 fully saturated rings. The minimum atomic E-state index is -1.02. The zero-order valence-corrected chi connectivity index (χ0v) is 10.6. The first-order valence-electron chi connectivity index (χ1n) is 5.70. The van der Waals surface area contributed by atoms with Gasteiger partial charge < -0.3 is 15.7 Å². The molecule has 3 N–H and O–H groups in total. The summed E-state index contributed by atoms with van der Waals surface area (Å²) in [4.78, 5) is 17.4. The Labute approximate surface area is 104 Å². The van der Waals surface area contributed by atoms with E-state index in [-0.39, 0.29) is 0 Å². The van der Waals surface area contributed by atoms with Crippen LogP contribution in [-0.2, 0) is 4.79 Å². The van der Waals surface area contributed by atoms with Gasteiger partial charge >= 0.3 is 5.97 Å². The summed E-state index contributed by atoms with van der Waals surface area (Å²) in [5.74, 6) is -0.605. The normalized spacial score (nSPS) is 23.5. The zero-order valence-electron chi connectivity index (χ0n) is 9.80. The van der Waals surface area contributed by atoms with E-state index in [1.807, 2.05) is 5.38 Å². The van der Waals surface area contributed by atoms with Crippen LogP contribution >= 0.6 is 11.3 Å². The zero-order chi connectivity index (χ0) is 12.4. The molecular weight excluding hydrogens is 238 g/mol. The lowest BCUT2D eigenvalue weighted by atomic mass is 9.96. The molecule has 2 heterocycles. The van der Waals surface area contributed by atoms with Crippen molar-refractivity contribution in [3.63, 3.8) is 0 Å². The number of piperidine rings is 1. The van der Waals surface area contributed by atoms with Gasteiger partial charge in [0.1, 0.15) is 5.01 Å². The highest BCUT2D eigenvalue weighted by Gasteiger charge is 2.24. The molecule has 0 amide bonds. The number of nitrogens with zero attached hydrogens (tertiary/aromatic N) is 2. The van der Waals surface area contributed by atoms with E-state index in [0.29, 0.717) is 10.9 Å². The summed E-state index contributed by atoms with van der Waals surface area (Å²) in [6, 6.07) is -0.991. The van der Waals surface area contributed by atoms with Gasteiger partial charge in [0.05, 0.1) is 5.69 Å². The van der Waals surface area contributed by atoms with Crippen LogP contribution in [0.25, 0.3) is 0 Å². The number of rotatable bonds is 3. The lowest BCUT2D eigenvalue weighted by Crippen LogP contribution is -2.31. The molecular formula is C11H17N3O2S. The third-order valence-corrected chi connectivity index (χ3v) is 4.06. The summed E-state index contributed by atoms with van der Waals surface area (Å²) in [6.45, 7) is 2.12. The van der Waals surface area contributed by atoms with E-state index in [1.54, 1.807) is 0 Å². The van der Waals surface area contributed by atoms with Gasteiger partial charge in [-0.15, -0.1) is 11.3 Å². The molecule has 0 aliphatic carbocycles. The van der Waals surface area contributed by atoms with E-state index in [1.165, 1.54) is 17.8 Å². The van der Waals surface area contributed by atoms with E-state index in [9.17, 15) is 4.79 Å². The smallest absolute Gasteiger partial charge is 0.327 e. The Morgan fingerprint density at radius 3 is 3.18 bits per heavy atom. The second-order valence-corrected chi connectivity index (χ2v) is 5.42. The van der Waals surface area contributed by atoms with Crippen molar-refractivity contribution in [2.75, 3.05) is 20.1 Å². The number of nitrogens with two attached hydrogens (primary N) is 1. The van der Waals surface area contributed by atoms with Crippen molar-refractivity contribution in [2.24, 2.45) is 5.73 Å². The van der Waals surface area contributed by atoms with Crippen LogP contribution in [0.15, 0.2) is 5.38 Å². The summed E-state index contributed by atoms with van der Waals surface area (Å²) >= 11 is 1.35. The van der Waals surface area contributed by atoms with Crippen molar-refractivity contribution in [3.05, 3.63) is 16.1 Å². The average Bonchev–Trinajstić information content (AvgIpc) is 2.77. The van der Waals surface area contributed by atoms with Crippen molar-refractivity contribution in [1.29, 1.82) is 0 Å². The maximum absolute atomic E-state index is 10.8. The van der Waals surface area contributed by atoms with E-state index in [2.05, 4.69) is 16.9 Å².